The Morgan fingerprint density at radius 1 is 1.25 bits per heavy atom. The third-order valence-corrected chi connectivity index (χ3v) is 0.625. The minimum atomic E-state index is -0.648. The van der Waals surface area contributed by atoms with Gasteiger partial charge in [-0.25, -0.2) is 4.79 Å². The Hall–Kier alpha value is -1.53. The predicted molar refractivity (Wildman–Crippen MR) is 24.6 cm³/mol. The van der Waals surface area contributed by atoms with Crippen LogP contribution in [0.4, 0.5) is 0 Å². The Bertz CT molecular complexity index is 208. The van der Waals surface area contributed by atoms with Gasteiger partial charge < -0.3 is 11.7 Å². The van der Waals surface area contributed by atoms with Crippen LogP contribution < -0.4 is 17.4 Å². The average Bonchev–Trinajstić information content (AvgIpc) is 1.98. The highest BCUT2D eigenvalue weighted by Gasteiger charge is 1.94. The van der Waals surface area contributed by atoms with Crippen molar-refractivity contribution >= 4 is 0 Å². The third-order valence-electron chi connectivity index (χ3n) is 0.625. The SMILES string of the molecule is Nn1nnn(N)c1=O. The average molecular weight is 116 g/mol. The summed E-state index contributed by atoms with van der Waals surface area (Å²) in [6, 6.07) is 0. The van der Waals surface area contributed by atoms with Crippen LogP contribution in [0.5, 0.6) is 0 Å². The highest BCUT2D eigenvalue weighted by Crippen LogP contribution is 1.47. The van der Waals surface area contributed by atoms with Crippen LogP contribution >= 0.6 is 0 Å². The minimum absolute atomic E-state index is 0.542. The van der Waals surface area contributed by atoms with E-state index in [1.54, 1.807) is 0 Å². The van der Waals surface area contributed by atoms with Crippen molar-refractivity contribution in [3.8, 4) is 0 Å². The Morgan fingerprint density at radius 3 is 1.75 bits per heavy atom. The normalized spacial score (nSPS) is 9.50. The van der Waals surface area contributed by atoms with Crippen LogP contribution in [0.25, 0.3) is 0 Å². The van der Waals surface area contributed by atoms with Crippen molar-refractivity contribution < 1.29 is 0 Å². The summed E-state index contributed by atoms with van der Waals surface area (Å²) in [5, 5.41) is 6.17. The van der Waals surface area contributed by atoms with Gasteiger partial charge in [0, 0.05) is 0 Å². The number of tetrazole rings is 1. The molecule has 0 aromatic carbocycles. The van der Waals surface area contributed by atoms with Gasteiger partial charge in [0.1, 0.15) is 0 Å². The molecule has 0 aliphatic heterocycles. The van der Waals surface area contributed by atoms with E-state index in [2.05, 4.69) is 10.4 Å². The second-order valence-corrected chi connectivity index (χ2v) is 1.15. The van der Waals surface area contributed by atoms with Crippen LogP contribution in [0.15, 0.2) is 4.79 Å². The molecule has 1 heterocycles. The molecule has 0 bridgehead atoms. The molecule has 0 amide bonds. The number of hydrogen-bond acceptors (Lipinski definition) is 5. The van der Waals surface area contributed by atoms with Gasteiger partial charge in [0.05, 0.1) is 0 Å². The predicted octanol–water partition coefficient (Wildman–Crippen LogP) is -3.13. The molecular formula is CH4N6O. The van der Waals surface area contributed by atoms with Gasteiger partial charge in [0.2, 0.25) is 0 Å². The van der Waals surface area contributed by atoms with E-state index in [9.17, 15) is 4.79 Å². The molecule has 7 nitrogen and oxygen atoms in total. The van der Waals surface area contributed by atoms with Gasteiger partial charge in [-0.1, -0.05) is 0 Å². The quantitative estimate of drug-likeness (QED) is 0.348. The second-order valence-electron chi connectivity index (χ2n) is 1.15. The Morgan fingerprint density at radius 2 is 1.62 bits per heavy atom. The lowest BCUT2D eigenvalue weighted by Gasteiger charge is -1.77. The zero-order valence-corrected chi connectivity index (χ0v) is 3.85. The van der Waals surface area contributed by atoms with Crippen LogP contribution in [-0.2, 0) is 0 Å². The summed E-state index contributed by atoms with van der Waals surface area (Å²) in [5.41, 5.74) is -0.648. The first-order valence-corrected chi connectivity index (χ1v) is 1.77. The van der Waals surface area contributed by atoms with E-state index < -0.39 is 5.69 Å². The van der Waals surface area contributed by atoms with E-state index in [0.717, 1.165) is 0 Å². The number of hydrogen-bond donors (Lipinski definition) is 2. The fraction of sp³-hybridized carbons (Fsp3) is 0. The molecule has 0 aliphatic rings. The summed E-state index contributed by atoms with van der Waals surface area (Å²) in [5.74, 6) is 9.74. The molecule has 1 aromatic rings. The zero-order chi connectivity index (χ0) is 6.15. The molecule has 0 unspecified atom stereocenters. The summed E-state index contributed by atoms with van der Waals surface area (Å²) >= 11 is 0. The first-order valence-electron chi connectivity index (χ1n) is 1.77. The van der Waals surface area contributed by atoms with Gasteiger partial charge >= 0.3 is 5.69 Å². The molecule has 0 aliphatic carbocycles. The van der Waals surface area contributed by atoms with Crippen molar-refractivity contribution in [1.82, 2.24) is 20.0 Å². The summed E-state index contributed by atoms with van der Waals surface area (Å²) < 4.78 is 0. The number of aromatic nitrogens is 4. The van der Waals surface area contributed by atoms with Gasteiger partial charge in [-0.3, -0.25) is 0 Å². The van der Waals surface area contributed by atoms with E-state index in [1.807, 2.05) is 0 Å². The Labute approximate surface area is 43.4 Å². The van der Waals surface area contributed by atoms with Crippen LogP contribution in [-0.4, -0.2) is 20.0 Å². The molecule has 0 saturated heterocycles. The number of nitrogens with two attached hydrogens (primary N) is 2. The van der Waals surface area contributed by atoms with Crippen molar-refractivity contribution in [3.05, 3.63) is 10.5 Å². The molecule has 1 aromatic heterocycles. The van der Waals surface area contributed by atoms with Gasteiger partial charge in [-0.05, 0) is 10.4 Å². The fourth-order valence-corrected chi connectivity index (χ4v) is 0.268. The standard InChI is InChI=1S/CH4N6O/c2-6-1(8)7(3)5-4-6/h2-3H2. The molecule has 44 valence electrons. The number of rotatable bonds is 0. The maximum Gasteiger partial charge on any atom is 0.402 e. The number of nitrogens with zero attached hydrogens (tertiary/aromatic N) is 4. The smallest absolute Gasteiger partial charge is 0.317 e. The van der Waals surface area contributed by atoms with Crippen molar-refractivity contribution in [1.29, 1.82) is 0 Å². The van der Waals surface area contributed by atoms with Gasteiger partial charge in [0.15, 0.2) is 0 Å². The largest absolute Gasteiger partial charge is 0.402 e. The first kappa shape index (κ1) is 4.62. The van der Waals surface area contributed by atoms with Gasteiger partial charge in [0.25, 0.3) is 0 Å². The summed E-state index contributed by atoms with van der Waals surface area (Å²) in [7, 11) is 0. The monoisotopic (exact) mass is 116 g/mol. The first-order chi connectivity index (χ1) is 3.72. The van der Waals surface area contributed by atoms with Crippen molar-refractivity contribution in [2.75, 3.05) is 11.7 Å². The van der Waals surface area contributed by atoms with Crippen molar-refractivity contribution in [3.63, 3.8) is 0 Å². The van der Waals surface area contributed by atoms with Crippen molar-refractivity contribution in [2.45, 2.75) is 0 Å². The molecular weight excluding hydrogens is 112 g/mol. The molecule has 0 radical (unpaired) electrons. The highest BCUT2D eigenvalue weighted by atomic mass is 16.2. The summed E-state index contributed by atoms with van der Waals surface area (Å²) in [6.45, 7) is 0. The van der Waals surface area contributed by atoms with E-state index in [0.29, 0.717) is 9.58 Å². The molecule has 0 fully saturated rings. The minimum Gasteiger partial charge on any atom is -0.317 e. The van der Waals surface area contributed by atoms with Gasteiger partial charge in [-0.2, -0.15) is 0 Å². The maximum atomic E-state index is 10.3. The van der Waals surface area contributed by atoms with Crippen LogP contribution in [0.2, 0.25) is 0 Å². The zero-order valence-electron chi connectivity index (χ0n) is 3.85. The van der Waals surface area contributed by atoms with E-state index in [4.69, 9.17) is 11.7 Å². The van der Waals surface area contributed by atoms with E-state index in [-0.39, 0.29) is 0 Å². The molecule has 0 saturated carbocycles. The van der Waals surface area contributed by atoms with E-state index in [1.165, 1.54) is 0 Å². The lowest BCUT2D eigenvalue weighted by atomic mass is 11.3. The Balaban J connectivity index is 3.42. The lowest BCUT2D eigenvalue weighted by Crippen LogP contribution is -2.33. The van der Waals surface area contributed by atoms with E-state index >= 15 is 0 Å². The molecule has 0 spiro atoms. The molecule has 4 N–H and O–H groups in total. The lowest BCUT2D eigenvalue weighted by molar-refractivity contribution is 0.723. The summed E-state index contributed by atoms with van der Waals surface area (Å²) in [6.07, 6.45) is 0. The Kier molecular flexibility index (Phi) is 0.705. The van der Waals surface area contributed by atoms with Crippen LogP contribution in [0, 0.1) is 0 Å². The molecule has 0 atom stereocenters. The van der Waals surface area contributed by atoms with Crippen LogP contribution in [0.3, 0.4) is 0 Å². The fourth-order valence-electron chi connectivity index (χ4n) is 0.268. The highest BCUT2D eigenvalue weighted by molar-refractivity contribution is 4.53. The molecule has 1 rings (SSSR count). The third kappa shape index (κ3) is 0.409. The van der Waals surface area contributed by atoms with Gasteiger partial charge in [-0.15, -0.1) is 9.58 Å². The second kappa shape index (κ2) is 1.22. The molecule has 8 heavy (non-hydrogen) atoms. The van der Waals surface area contributed by atoms with Crippen LogP contribution in [0.1, 0.15) is 0 Å². The maximum absolute atomic E-state index is 10.3. The van der Waals surface area contributed by atoms with Crippen molar-refractivity contribution in [2.24, 2.45) is 0 Å². The molecule has 7 heteroatoms. The summed E-state index contributed by atoms with van der Waals surface area (Å²) in [4.78, 5) is 11.4. The topological polar surface area (TPSA) is 105 Å². The number of nitrogen functional groups attached to an aromatic ring is 2.